The Balaban J connectivity index is 0.00000169. The number of benzene rings is 1. The Morgan fingerprint density at radius 1 is 1.33 bits per heavy atom. The first-order chi connectivity index (χ1) is 11.3. The first-order valence-corrected chi connectivity index (χ1v) is 7.67. The van der Waals surface area contributed by atoms with Gasteiger partial charge in [0, 0.05) is 44.5 Å². The zero-order valence-electron chi connectivity index (χ0n) is 13.3. The van der Waals surface area contributed by atoms with Crippen LogP contribution in [-0.4, -0.2) is 50.2 Å². The maximum Gasteiger partial charge on any atom is 0.275 e. The zero-order chi connectivity index (χ0) is 15.8. The molecule has 2 N–H and O–H groups in total. The lowest BCUT2D eigenvalue weighted by Gasteiger charge is -2.35. The Hall–Kier alpha value is -2.38. The van der Waals surface area contributed by atoms with Crippen LogP contribution in [0.2, 0.25) is 0 Å². The number of hydrogen-bond acceptors (Lipinski definition) is 4. The van der Waals surface area contributed by atoms with Crippen LogP contribution in [0.4, 0.5) is 0 Å². The van der Waals surface area contributed by atoms with Gasteiger partial charge in [0.1, 0.15) is 11.9 Å². The molecule has 0 radical (unpaired) electrons. The quantitative estimate of drug-likeness (QED) is 0.737. The van der Waals surface area contributed by atoms with Gasteiger partial charge < -0.3 is 14.8 Å². The molecule has 1 saturated heterocycles. The van der Waals surface area contributed by atoms with Gasteiger partial charge >= 0.3 is 0 Å². The van der Waals surface area contributed by atoms with Gasteiger partial charge in [0.2, 0.25) is 0 Å². The number of amides is 1. The lowest BCUT2D eigenvalue weighted by molar-refractivity contribution is 0.0616. The van der Waals surface area contributed by atoms with E-state index >= 15 is 0 Å². The van der Waals surface area contributed by atoms with Gasteiger partial charge in [0.15, 0.2) is 5.69 Å². The minimum absolute atomic E-state index is 0. The van der Waals surface area contributed by atoms with Gasteiger partial charge in [0.25, 0.3) is 5.91 Å². The second-order valence-corrected chi connectivity index (χ2v) is 5.73. The summed E-state index contributed by atoms with van der Waals surface area (Å²) in [5.41, 5.74) is 1.35. The number of halogens is 1. The highest BCUT2D eigenvalue weighted by molar-refractivity contribution is 6.04. The standard InChI is InChI=1S/C16H18N6O.ClH/c1-21-8-7-18-15(21)13-10-17-6-9-22(13)16(23)14-11-4-2-3-5-12(11)19-20-14;/h2-5,7-8,13,17H,6,9-10H2,1H3,(H,19,20);1H. The number of para-hydroxylation sites is 1. The fourth-order valence-electron chi connectivity index (χ4n) is 3.14. The minimum Gasteiger partial charge on any atom is -0.336 e. The number of carbonyl (C=O) groups excluding carboxylic acids is 1. The molecule has 3 aromatic rings. The van der Waals surface area contributed by atoms with Crippen LogP contribution < -0.4 is 5.32 Å². The highest BCUT2D eigenvalue weighted by atomic mass is 35.5. The van der Waals surface area contributed by atoms with E-state index in [0.717, 1.165) is 23.3 Å². The predicted molar refractivity (Wildman–Crippen MR) is 93.2 cm³/mol. The molecule has 1 aliphatic rings. The van der Waals surface area contributed by atoms with Crippen LogP contribution >= 0.6 is 12.4 Å². The molecular formula is C16H19ClN6O. The number of nitrogens with zero attached hydrogens (tertiary/aromatic N) is 4. The number of aryl methyl sites for hydroxylation is 1. The highest BCUT2D eigenvalue weighted by Crippen LogP contribution is 2.24. The Morgan fingerprint density at radius 3 is 2.96 bits per heavy atom. The molecule has 1 unspecified atom stereocenters. The average molecular weight is 347 g/mol. The van der Waals surface area contributed by atoms with Crippen LogP contribution in [0.1, 0.15) is 22.4 Å². The highest BCUT2D eigenvalue weighted by Gasteiger charge is 2.32. The zero-order valence-corrected chi connectivity index (χ0v) is 14.1. The van der Waals surface area contributed by atoms with E-state index in [1.54, 1.807) is 6.20 Å². The van der Waals surface area contributed by atoms with Gasteiger partial charge in [-0.2, -0.15) is 5.10 Å². The molecule has 0 saturated carbocycles. The summed E-state index contributed by atoms with van der Waals surface area (Å²) in [6, 6.07) is 7.60. The number of hydrogen-bond donors (Lipinski definition) is 2. The Labute approximate surface area is 145 Å². The average Bonchev–Trinajstić information content (AvgIpc) is 3.20. The van der Waals surface area contributed by atoms with Crippen molar-refractivity contribution in [1.29, 1.82) is 0 Å². The topological polar surface area (TPSA) is 78.8 Å². The molecule has 1 fully saturated rings. The van der Waals surface area contributed by atoms with E-state index in [4.69, 9.17) is 0 Å². The van der Waals surface area contributed by atoms with Gasteiger partial charge in [-0.3, -0.25) is 9.89 Å². The molecule has 0 spiro atoms. The number of nitrogens with one attached hydrogen (secondary N) is 2. The third-order valence-electron chi connectivity index (χ3n) is 4.33. The largest absolute Gasteiger partial charge is 0.336 e. The molecule has 1 aromatic carbocycles. The van der Waals surface area contributed by atoms with Gasteiger partial charge in [-0.15, -0.1) is 12.4 Å². The maximum atomic E-state index is 13.1. The second-order valence-electron chi connectivity index (χ2n) is 5.73. The maximum absolute atomic E-state index is 13.1. The fraction of sp³-hybridized carbons (Fsp3) is 0.312. The SMILES string of the molecule is Cl.Cn1ccnc1C1CNCCN1C(=O)c1n[nH]c2ccccc12. The number of rotatable bonds is 2. The van der Waals surface area contributed by atoms with Crippen molar-refractivity contribution in [2.24, 2.45) is 7.05 Å². The molecule has 1 aliphatic heterocycles. The van der Waals surface area contributed by atoms with Crippen molar-refractivity contribution in [1.82, 2.24) is 30.0 Å². The van der Waals surface area contributed by atoms with Gasteiger partial charge in [-0.05, 0) is 6.07 Å². The van der Waals surface area contributed by atoms with E-state index in [1.807, 2.05) is 47.0 Å². The van der Waals surface area contributed by atoms with E-state index in [9.17, 15) is 4.79 Å². The van der Waals surface area contributed by atoms with Crippen LogP contribution in [0.5, 0.6) is 0 Å². The van der Waals surface area contributed by atoms with Crippen molar-refractivity contribution >= 4 is 29.2 Å². The van der Waals surface area contributed by atoms with E-state index in [-0.39, 0.29) is 24.4 Å². The van der Waals surface area contributed by atoms with Gasteiger partial charge in [-0.25, -0.2) is 4.98 Å². The molecule has 2 aromatic heterocycles. The molecular weight excluding hydrogens is 328 g/mol. The van der Waals surface area contributed by atoms with Crippen molar-refractivity contribution in [3.8, 4) is 0 Å². The molecule has 1 atom stereocenters. The van der Waals surface area contributed by atoms with Crippen molar-refractivity contribution in [2.45, 2.75) is 6.04 Å². The Morgan fingerprint density at radius 2 is 2.17 bits per heavy atom. The number of imidazole rings is 1. The third kappa shape index (κ3) is 2.65. The van der Waals surface area contributed by atoms with Crippen LogP contribution in [0, 0.1) is 0 Å². The van der Waals surface area contributed by atoms with E-state index in [0.29, 0.717) is 18.8 Å². The number of H-pyrrole nitrogens is 1. The monoisotopic (exact) mass is 346 g/mol. The number of fused-ring (bicyclic) bond motifs is 1. The molecule has 1 amide bonds. The number of carbonyl (C=O) groups is 1. The van der Waals surface area contributed by atoms with Crippen LogP contribution in [-0.2, 0) is 7.05 Å². The summed E-state index contributed by atoms with van der Waals surface area (Å²) in [4.78, 5) is 19.3. The lowest BCUT2D eigenvalue weighted by atomic mass is 10.1. The summed E-state index contributed by atoms with van der Waals surface area (Å²) in [6.45, 7) is 2.10. The van der Waals surface area contributed by atoms with E-state index < -0.39 is 0 Å². The first-order valence-electron chi connectivity index (χ1n) is 7.67. The summed E-state index contributed by atoms with van der Waals surface area (Å²) in [5.74, 6) is 0.822. The molecule has 3 heterocycles. The summed E-state index contributed by atoms with van der Waals surface area (Å²) >= 11 is 0. The molecule has 7 nitrogen and oxygen atoms in total. The molecule has 0 aliphatic carbocycles. The number of aromatic amines is 1. The third-order valence-corrected chi connectivity index (χ3v) is 4.33. The predicted octanol–water partition coefficient (Wildman–Crippen LogP) is 1.50. The minimum atomic E-state index is -0.0910. The number of piperazine rings is 1. The van der Waals surface area contributed by atoms with E-state index in [2.05, 4.69) is 20.5 Å². The first kappa shape index (κ1) is 16.5. The molecule has 4 rings (SSSR count). The van der Waals surface area contributed by atoms with Crippen molar-refractivity contribution in [3.63, 3.8) is 0 Å². The van der Waals surface area contributed by atoms with Crippen molar-refractivity contribution in [3.05, 3.63) is 48.2 Å². The van der Waals surface area contributed by atoms with Crippen LogP contribution in [0.15, 0.2) is 36.7 Å². The van der Waals surface area contributed by atoms with Crippen molar-refractivity contribution < 1.29 is 4.79 Å². The van der Waals surface area contributed by atoms with Crippen molar-refractivity contribution in [2.75, 3.05) is 19.6 Å². The second kappa shape index (κ2) is 6.62. The smallest absolute Gasteiger partial charge is 0.275 e. The van der Waals surface area contributed by atoms with Crippen LogP contribution in [0.25, 0.3) is 10.9 Å². The lowest BCUT2D eigenvalue weighted by Crippen LogP contribution is -2.49. The molecule has 24 heavy (non-hydrogen) atoms. The summed E-state index contributed by atoms with van der Waals surface area (Å²) < 4.78 is 1.96. The summed E-state index contributed by atoms with van der Waals surface area (Å²) in [7, 11) is 1.95. The molecule has 8 heteroatoms. The normalized spacial score (nSPS) is 17.7. The Bertz CT molecular complexity index is 857. The van der Waals surface area contributed by atoms with E-state index in [1.165, 1.54) is 0 Å². The Kier molecular flexibility index (Phi) is 4.55. The summed E-state index contributed by atoms with van der Waals surface area (Å²) in [6.07, 6.45) is 3.66. The summed E-state index contributed by atoms with van der Waals surface area (Å²) in [5, 5.41) is 11.4. The van der Waals surface area contributed by atoms with Gasteiger partial charge in [-0.1, -0.05) is 18.2 Å². The number of aromatic nitrogens is 4. The van der Waals surface area contributed by atoms with Crippen LogP contribution in [0.3, 0.4) is 0 Å². The van der Waals surface area contributed by atoms with Gasteiger partial charge in [0.05, 0.1) is 5.52 Å². The molecule has 126 valence electrons. The fourth-order valence-corrected chi connectivity index (χ4v) is 3.14. The molecule has 0 bridgehead atoms.